The summed E-state index contributed by atoms with van der Waals surface area (Å²) in [7, 11) is -2.62. The third kappa shape index (κ3) is 5.57. The van der Waals surface area contributed by atoms with Gasteiger partial charge in [0.25, 0.3) is 15.9 Å². The lowest BCUT2D eigenvalue weighted by Gasteiger charge is -2.11. The molecule has 0 radical (unpaired) electrons. The summed E-state index contributed by atoms with van der Waals surface area (Å²) in [6, 6.07) is 4.54. The van der Waals surface area contributed by atoms with E-state index in [9.17, 15) is 13.2 Å². The molecule has 30 heavy (non-hydrogen) atoms. The molecule has 0 aliphatic carbocycles. The number of carbonyl (C=O) groups excluding carboxylic acids is 1. The van der Waals surface area contributed by atoms with Crippen molar-refractivity contribution in [3.63, 3.8) is 0 Å². The van der Waals surface area contributed by atoms with Crippen LogP contribution in [0.2, 0.25) is 5.15 Å². The van der Waals surface area contributed by atoms with Crippen LogP contribution in [0.15, 0.2) is 40.5 Å². The van der Waals surface area contributed by atoms with E-state index in [1.54, 1.807) is 12.3 Å². The zero-order chi connectivity index (χ0) is 22.3. The number of amides is 1. The summed E-state index contributed by atoms with van der Waals surface area (Å²) in [5, 5.41) is 7.88. The highest BCUT2D eigenvalue weighted by Gasteiger charge is 2.24. The zero-order valence-corrected chi connectivity index (χ0v) is 18.6. The van der Waals surface area contributed by atoms with Gasteiger partial charge < -0.3 is 10.2 Å². The van der Waals surface area contributed by atoms with Gasteiger partial charge >= 0.3 is 0 Å². The molecule has 0 fully saturated rings. The molecule has 162 valence electrons. The first kappa shape index (κ1) is 23.4. The average molecular weight is 455 g/mol. The van der Waals surface area contributed by atoms with Crippen LogP contribution in [-0.4, -0.2) is 48.5 Å². The molecule has 2 heterocycles. The number of carbonyl (C=O) groups is 1. The maximum absolute atomic E-state index is 12.6. The van der Waals surface area contributed by atoms with Gasteiger partial charge in [-0.3, -0.25) is 4.79 Å². The fraction of sp³-hybridized carbons (Fsp3) is 0.333. The number of rotatable bonds is 9. The van der Waals surface area contributed by atoms with Gasteiger partial charge in [-0.15, -0.1) is 5.10 Å². The number of aromatic nitrogens is 3. The summed E-state index contributed by atoms with van der Waals surface area (Å²) in [6.45, 7) is 5.54. The van der Waals surface area contributed by atoms with E-state index in [-0.39, 0.29) is 21.3 Å². The molecule has 0 saturated carbocycles. The number of pyridine rings is 1. The van der Waals surface area contributed by atoms with E-state index < -0.39 is 15.9 Å². The van der Waals surface area contributed by atoms with Gasteiger partial charge in [0.2, 0.25) is 5.88 Å². The smallest absolute Gasteiger partial charge is 0.268 e. The molecule has 2 aromatic heterocycles. The Bertz CT molecular complexity index is 1080. The van der Waals surface area contributed by atoms with Crippen LogP contribution in [0.25, 0.3) is 5.82 Å². The summed E-state index contributed by atoms with van der Waals surface area (Å²) in [6.07, 6.45) is 3.82. The van der Waals surface area contributed by atoms with Crippen molar-refractivity contribution in [2.45, 2.75) is 27.2 Å². The summed E-state index contributed by atoms with van der Waals surface area (Å²) in [5.41, 5.74) is 2.60. The van der Waals surface area contributed by atoms with Gasteiger partial charge in [-0.2, -0.15) is 5.10 Å². The second-order valence-corrected chi connectivity index (χ2v) is 7.97. The first-order chi connectivity index (χ1) is 14.2. The number of hydrogen-bond acceptors (Lipinski definition) is 8. The van der Waals surface area contributed by atoms with Gasteiger partial charge in [-0.1, -0.05) is 24.6 Å². The minimum absolute atomic E-state index is 0.0998. The molecule has 2 rings (SSSR count). The third-order valence-electron chi connectivity index (χ3n) is 3.75. The summed E-state index contributed by atoms with van der Waals surface area (Å²) >= 11 is 6.13. The second kappa shape index (κ2) is 10.2. The number of ether oxygens (including phenoxy) is 1. The average Bonchev–Trinajstić information content (AvgIpc) is 3.15. The van der Waals surface area contributed by atoms with Crippen molar-refractivity contribution in [2.24, 2.45) is 5.10 Å². The number of nitrogens with zero attached hydrogens (tertiary/aromatic N) is 4. The Balaban J connectivity index is 2.23. The number of allylic oxidation sites excluding steroid dienone is 2. The first-order valence-electron chi connectivity index (χ1n) is 9.03. The quantitative estimate of drug-likeness (QED) is 0.338. The molecule has 12 heteroatoms. The van der Waals surface area contributed by atoms with Crippen LogP contribution >= 0.6 is 11.6 Å². The van der Waals surface area contributed by atoms with E-state index in [0.29, 0.717) is 18.3 Å². The number of halogens is 1. The molecular weight excluding hydrogens is 432 g/mol. The van der Waals surface area contributed by atoms with Gasteiger partial charge in [-0.05, 0) is 32.4 Å². The molecule has 0 saturated heterocycles. The topological polar surface area (TPSA) is 128 Å². The van der Waals surface area contributed by atoms with Gasteiger partial charge in [0.15, 0.2) is 5.82 Å². The van der Waals surface area contributed by atoms with Crippen molar-refractivity contribution in [2.75, 3.05) is 13.7 Å². The summed E-state index contributed by atoms with van der Waals surface area (Å²) in [5.74, 6) is -0.139. The Kier molecular flexibility index (Phi) is 7.95. The highest BCUT2D eigenvalue weighted by Crippen LogP contribution is 2.18. The van der Waals surface area contributed by atoms with Gasteiger partial charge in [0.05, 0.1) is 17.9 Å². The number of hydrogen-bond donors (Lipinski definition) is 2. The van der Waals surface area contributed by atoms with Crippen molar-refractivity contribution in [1.29, 1.82) is 0 Å². The molecule has 0 unspecified atom stereocenters. The molecule has 2 aromatic rings. The SMILES string of the molecule is C/C=C(\C(C)=N/NC)S(=O)(=O)NC(=O)c1ccc(-n2ccc(OCCC)n2)nc1Cl. The van der Waals surface area contributed by atoms with Gasteiger partial charge in [0.1, 0.15) is 10.1 Å². The highest BCUT2D eigenvalue weighted by atomic mass is 35.5. The van der Waals surface area contributed by atoms with E-state index in [0.717, 1.165) is 6.42 Å². The van der Waals surface area contributed by atoms with E-state index in [4.69, 9.17) is 16.3 Å². The lowest BCUT2D eigenvalue weighted by Crippen LogP contribution is -2.33. The Morgan fingerprint density at radius 3 is 2.70 bits per heavy atom. The predicted octanol–water partition coefficient (Wildman–Crippen LogP) is 2.27. The lowest BCUT2D eigenvalue weighted by atomic mass is 10.3. The molecule has 0 aromatic carbocycles. The molecular formula is C18H23ClN6O4S. The van der Waals surface area contributed by atoms with Crippen LogP contribution in [-0.2, 0) is 10.0 Å². The van der Waals surface area contributed by atoms with Crippen LogP contribution in [0.4, 0.5) is 0 Å². The van der Waals surface area contributed by atoms with Gasteiger partial charge in [-0.25, -0.2) is 22.8 Å². The van der Waals surface area contributed by atoms with Crippen molar-refractivity contribution in [3.8, 4) is 11.7 Å². The van der Waals surface area contributed by atoms with E-state index >= 15 is 0 Å². The van der Waals surface area contributed by atoms with E-state index in [2.05, 4.69) is 20.6 Å². The Hall–Kier alpha value is -2.92. The van der Waals surface area contributed by atoms with Crippen LogP contribution in [0, 0.1) is 0 Å². The summed E-state index contributed by atoms with van der Waals surface area (Å²) < 4.78 is 33.9. The fourth-order valence-corrected chi connectivity index (χ4v) is 3.90. The van der Waals surface area contributed by atoms with Crippen LogP contribution in [0.5, 0.6) is 5.88 Å². The molecule has 0 aliphatic rings. The largest absolute Gasteiger partial charge is 0.477 e. The van der Waals surface area contributed by atoms with Crippen molar-refractivity contribution < 1.29 is 17.9 Å². The normalized spacial score (nSPS) is 12.6. The number of nitrogens with one attached hydrogen (secondary N) is 2. The van der Waals surface area contributed by atoms with Crippen molar-refractivity contribution >= 4 is 33.2 Å². The first-order valence-corrected chi connectivity index (χ1v) is 10.9. The predicted molar refractivity (Wildman–Crippen MR) is 114 cm³/mol. The summed E-state index contributed by atoms with van der Waals surface area (Å²) in [4.78, 5) is 16.5. The Labute approximate surface area is 180 Å². The Morgan fingerprint density at radius 2 is 2.10 bits per heavy atom. The van der Waals surface area contributed by atoms with E-state index in [1.807, 2.05) is 11.6 Å². The Morgan fingerprint density at radius 1 is 1.37 bits per heavy atom. The molecule has 0 spiro atoms. The van der Waals surface area contributed by atoms with Gasteiger partial charge in [0, 0.05) is 19.3 Å². The van der Waals surface area contributed by atoms with Crippen LogP contribution in [0.3, 0.4) is 0 Å². The molecule has 0 aliphatic heterocycles. The van der Waals surface area contributed by atoms with Crippen molar-refractivity contribution in [1.82, 2.24) is 24.9 Å². The third-order valence-corrected chi connectivity index (χ3v) is 5.60. The highest BCUT2D eigenvalue weighted by molar-refractivity contribution is 7.95. The number of sulfonamides is 1. The zero-order valence-electron chi connectivity index (χ0n) is 17.0. The van der Waals surface area contributed by atoms with E-state index in [1.165, 1.54) is 43.8 Å². The maximum Gasteiger partial charge on any atom is 0.268 e. The monoisotopic (exact) mass is 454 g/mol. The standard InChI is InChI=1S/C18H23ClN6O4S/c1-5-11-29-16-9-10-25(23-16)15-8-7-13(17(19)21-15)18(26)24-30(27,28)14(6-2)12(3)22-20-4/h6-10,20H,5,11H2,1-4H3,(H,24,26)/b14-6+,22-12-. The molecule has 0 atom stereocenters. The fourth-order valence-electron chi connectivity index (χ4n) is 2.45. The molecule has 10 nitrogen and oxygen atoms in total. The molecule has 0 bridgehead atoms. The van der Waals surface area contributed by atoms with Crippen LogP contribution < -0.4 is 14.9 Å². The lowest BCUT2D eigenvalue weighted by molar-refractivity contribution is 0.0981. The minimum atomic E-state index is -4.16. The number of hydrazone groups is 1. The maximum atomic E-state index is 12.6. The van der Waals surface area contributed by atoms with Crippen LogP contribution in [0.1, 0.15) is 37.6 Å². The molecule has 2 N–H and O–H groups in total. The minimum Gasteiger partial charge on any atom is -0.477 e. The van der Waals surface area contributed by atoms with Crippen molar-refractivity contribution in [3.05, 3.63) is 46.1 Å². The molecule has 1 amide bonds. The second-order valence-electron chi connectivity index (χ2n) is 5.96.